The number of H-pyrrole nitrogens is 1. The zero-order valence-corrected chi connectivity index (χ0v) is 10.9. The lowest BCUT2D eigenvalue weighted by Crippen LogP contribution is -2.29. The van der Waals surface area contributed by atoms with Crippen molar-refractivity contribution in [2.75, 3.05) is 12.8 Å². The van der Waals surface area contributed by atoms with Gasteiger partial charge in [-0.05, 0) is 12.3 Å². The molecular weight excluding hydrogens is 248 g/mol. The lowest BCUT2D eigenvalue weighted by molar-refractivity contribution is 0.277. The van der Waals surface area contributed by atoms with Gasteiger partial charge in [-0.3, -0.25) is 0 Å². The van der Waals surface area contributed by atoms with E-state index < -0.39 is 10.0 Å². The van der Waals surface area contributed by atoms with Gasteiger partial charge in [-0.2, -0.15) is 11.8 Å². The minimum Gasteiger partial charge on any atom is -0.390 e. The highest BCUT2D eigenvalue weighted by molar-refractivity contribution is 7.99. The highest BCUT2D eigenvalue weighted by Crippen LogP contribution is 2.11. The Bertz CT molecular complexity index is 428. The summed E-state index contributed by atoms with van der Waals surface area (Å²) >= 11 is 1.60. The summed E-state index contributed by atoms with van der Waals surface area (Å²) in [6.07, 6.45) is 3.30. The van der Waals surface area contributed by atoms with E-state index in [0.29, 0.717) is 12.2 Å². The summed E-state index contributed by atoms with van der Waals surface area (Å²) in [6.45, 7) is 2.14. The van der Waals surface area contributed by atoms with Gasteiger partial charge in [-0.15, -0.1) is 0 Å². The minimum atomic E-state index is -3.46. The lowest BCUT2D eigenvalue weighted by atomic mass is 10.5. The van der Waals surface area contributed by atoms with Crippen molar-refractivity contribution in [1.82, 2.24) is 9.71 Å². The van der Waals surface area contributed by atoms with Crippen molar-refractivity contribution in [2.24, 2.45) is 0 Å². The van der Waals surface area contributed by atoms with Crippen molar-refractivity contribution in [1.29, 1.82) is 0 Å². The van der Waals surface area contributed by atoms with E-state index in [-0.39, 0.29) is 16.8 Å². The fraction of sp³-hybridized carbons (Fsp3) is 0.556. The normalized spacial score (nSPS) is 13.9. The molecule has 1 rings (SSSR count). The van der Waals surface area contributed by atoms with Crippen LogP contribution in [0.3, 0.4) is 0 Å². The highest BCUT2D eigenvalue weighted by atomic mass is 32.2. The number of thioether (sulfide) groups is 1. The average Bonchev–Trinajstić information content (AvgIpc) is 2.75. The third-order valence-electron chi connectivity index (χ3n) is 2.16. The van der Waals surface area contributed by atoms with Gasteiger partial charge in [0.2, 0.25) is 10.0 Å². The monoisotopic (exact) mass is 264 g/mol. The van der Waals surface area contributed by atoms with Crippen LogP contribution in [0, 0.1) is 0 Å². The molecule has 0 aromatic carbocycles. The molecule has 0 saturated carbocycles. The van der Waals surface area contributed by atoms with Crippen LogP contribution in [0.5, 0.6) is 0 Å². The highest BCUT2D eigenvalue weighted by Gasteiger charge is 2.16. The first-order valence-corrected chi connectivity index (χ1v) is 7.57. The molecule has 1 atom stereocenters. The van der Waals surface area contributed by atoms with E-state index in [2.05, 4.69) is 9.71 Å². The summed E-state index contributed by atoms with van der Waals surface area (Å²) in [6, 6.07) is 1.42. The van der Waals surface area contributed by atoms with Crippen LogP contribution in [0.2, 0.25) is 0 Å². The topological polar surface area (TPSA) is 82.2 Å². The Morgan fingerprint density at radius 1 is 1.62 bits per heavy atom. The Kier molecular flexibility index (Phi) is 4.85. The van der Waals surface area contributed by atoms with Crippen molar-refractivity contribution in [3.05, 3.63) is 18.0 Å². The fourth-order valence-electron chi connectivity index (χ4n) is 1.06. The van der Waals surface area contributed by atoms with Gasteiger partial charge in [0.25, 0.3) is 0 Å². The van der Waals surface area contributed by atoms with E-state index in [1.54, 1.807) is 11.8 Å². The van der Waals surface area contributed by atoms with Crippen molar-refractivity contribution in [3.63, 3.8) is 0 Å². The Morgan fingerprint density at radius 2 is 2.31 bits per heavy atom. The maximum absolute atomic E-state index is 11.8. The van der Waals surface area contributed by atoms with E-state index >= 15 is 0 Å². The molecular formula is C9H16N2O3S2. The van der Waals surface area contributed by atoms with Crippen molar-refractivity contribution < 1.29 is 13.5 Å². The Balaban J connectivity index is 2.70. The number of sulfonamides is 1. The molecule has 0 fully saturated rings. The number of aromatic nitrogens is 1. The Hall–Kier alpha value is -0.500. The molecule has 1 heterocycles. The van der Waals surface area contributed by atoms with Gasteiger partial charge in [0, 0.05) is 23.7 Å². The number of aliphatic hydroxyl groups is 1. The predicted octanol–water partition coefficient (Wildman–Crippen LogP) is 0.537. The van der Waals surface area contributed by atoms with Gasteiger partial charge in [0.05, 0.1) is 11.5 Å². The maximum Gasteiger partial charge on any atom is 0.242 e. The molecule has 0 aliphatic rings. The molecule has 0 aliphatic heterocycles. The number of nitrogens with one attached hydrogen (secondary N) is 2. The maximum atomic E-state index is 11.8. The molecule has 5 nitrogen and oxygen atoms in total. The molecule has 0 aliphatic carbocycles. The first-order chi connectivity index (χ1) is 7.49. The molecule has 0 bridgehead atoms. The van der Waals surface area contributed by atoms with Gasteiger partial charge in [0.1, 0.15) is 0 Å². The summed E-state index contributed by atoms with van der Waals surface area (Å²) in [5.41, 5.74) is 0.485. The minimum absolute atomic E-state index is 0.157. The average molecular weight is 264 g/mol. The van der Waals surface area contributed by atoms with E-state index in [1.165, 1.54) is 12.3 Å². The first-order valence-electron chi connectivity index (χ1n) is 4.80. The SMILES string of the molecule is CSC(C)CNS(=O)(=O)c1c[nH]c(CO)c1. The Labute approximate surface area is 99.7 Å². The molecule has 1 aromatic heterocycles. The summed E-state index contributed by atoms with van der Waals surface area (Å²) in [5.74, 6) is 0. The van der Waals surface area contributed by atoms with Gasteiger partial charge < -0.3 is 10.1 Å². The number of aromatic amines is 1. The van der Waals surface area contributed by atoms with E-state index in [1.807, 2.05) is 13.2 Å². The quantitative estimate of drug-likeness (QED) is 0.700. The van der Waals surface area contributed by atoms with Crippen LogP contribution in [0.1, 0.15) is 12.6 Å². The number of aliphatic hydroxyl groups excluding tert-OH is 1. The van der Waals surface area contributed by atoms with Gasteiger partial charge in [0.15, 0.2) is 0 Å². The summed E-state index contributed by atoms with van der Waals surface area (Å²) in [7, 11) is -3.46. The molecule has 92 valence electrons. The predicted molar refractivity (Wildman–Crippen MR) is 64.9 cm³/mol. The first kappa shape index (κ1) is 13.6. The zero-order chi connectivity index (χ0) is 12.2. The van der Waals surface area contributed by atoms with Crippen molar-refractivity contribution >= 4 is 21.8 Å². The molecule has 3 N–H and O–H groups in total. The van der Waals surface area contributed by atoms with Crippen LogP contribution in [0.4, 0.5) is 0 Å². The third-order valence-corrected chi connectivity index (χ3v) is 4.53. The van der Waals surface area contributed by atoms with Crippen molar-refractivity contribution in [3.8, 4) is 0 Å². The van der Waals surface area contributed by atoms with Crippen LogP contribution >= 0.6 is 11.8 Å². The second-order valence-corrected chi connectivity index (χ2v) is 6.46. The molecule has 0 spiro atoms. The second-order valence-electron chi connectivity index (χ2n) is 3.42. The van der Waals surface area contributed by atoms with Crippen molar-refractivity contribution in [2.45, 2.75) is 23.7 Å². The van der Waals surface area contributed by atoms with E-state index in [9.17, 15) is 8.42 Å². The molecule has 1 unspecified atom stereocenters. The number of hydrogen-bond acceptors (Lipinski definition) is 4. The molecule has 7 heteroatoms. The fourth-order valence-corrected chi connectivity index (χ4v) is 2.56. The molecule has 0 radical (unpaired) electrons. The van der Waals surface area contributed by atoms with Crippen LogP contribution in [0.15, 0.2) is 17.2 Å². The number of hydrogen-bond donors (Lipinski definition) is 3. The van der Waals surface area contributed by atoms with E-state index in [0.717, 1.165) is 0 Å². The van der Waals surface area contributed by atoms with E-state index in [4.69, 9.17) is 5.11 Å². The zero-order valence-electron chi connectivity index (χ0n) is 9.23. The van der Waals surface area contributed by atoms with Gasteiger partial charge in [-0.1, -0.05) is 6.92 Å². The second kappa shape index (κ2) is 5.72. The van der Waals surface area contributed by atoms with Gasteiger partial charge >= 0.3 is 0 Å². The lowest BCUT2D eigenvalue weighted by Gasteiger charge is -2.09. The molecule has 0 amide bonds. The molecule has 16 heavy (non-hydrogen) atoms. The van der Waals surface area contributed by atoms with Crippen LogP contribution in [0.25, 0.3) is 0 Å². The van der Waals surface area contributed by atoms with Crippen LogP contribution in [-0.4, -0.2) is 36.6 Å². The molecule has 1 aromatic rings. The summed E-state index contributed by atoms with van der Waals surface area (Å²) in [4.78, 5) is 2.85. The number of rotatable bonds is 6. The standard InChI is InChI=1S/C9H16N2O3S2/c1-7(15-2)4-11-16(13,14)9-3-8(6-12)10-5-9/h3,5,7,10-12H,4,6H2,1-2H3. The summed E-state index contributed by atoms with van der Waals surface area (Å²) < 4.78 is 26.0. The molecule has 0 saturated heterocycles. The Morgan fingerprint density at radius 3 is 2.81 bits per heavy atom. The van der Waals surface area contributed by atoms with Crippen LogP contribution < -0.4 is 4.72 Å². The smallest absolute Gasteiger partial charge is 0.242 e. The summed E-state index contributed by atoms with van der Waals surface area (Å²) in [5, 5.41) is 9.05. The van der Waals surface area contributed by atoms with Crippen LogP contribution in [-0.2, 0) is 16.6 Å². The third kappa shape index (κ3) is 3.51. The van der Waals surface area contributed by atoms with Gasteiger partial charge in [-0.25, -0.2) is 13.1 Å². The largest absolute Gasteiger partial charge is 0.390 e.